The first kappa shape index (κ1) is 17.5. The fourth-order valence-electron chi connectivity index (χ4n) is 3.43. The van der Waals surface area contributed by atoms with Crippen LogP contribution < -0.4 is 11.1 Å². The zero-order valence-corrected chi connectivity index (χ0v) is 15.2. The van der Waals surface area contributed by atoms with Crippen LogP contribution in [-0.4, -0.2) is 12.5 Å². The van der Waals surface area contributed by atoms with E-state index in [1.807, 2.05) is 35.7 Å². The third-order valence-corrected chi connectivity index (χ3v) is 5.99. The predicted molar refractivity (Wildman–Crippen MR) is 103 cm³/mol. The zero-order chi connectivity index (χ0) is 16.9. The molecule has 3 rings (SSSR count). The van der Waals surface area contributed by atoms with Crippen molar-refractivity contribution >= 4 is 34.5 Å². The molecule has 1 atom stereocenters. The quantitative estimate of drug-likeness (QED) is 0.745. The van der Waals surface area contributed by atoms with Crippen molar-refractivity contribution in [2.75, 3.05) is 11.9 Å². The zero-order valence-electron chi connectivity index (χ0n) is 13.6. The largest absolute Gasteiger partial charge is 0.330 e. The van der Waals surface area contributed by atoms with Crippen LogP contribution in [0.25, 0.3) is 10.4 Å². The van der Waals surface area contributed by atoms with Crippen LogP contribution in [0.2, 0.25) is 5.02 Å². The smallest absolute Gasteiger partial charge is 0.228 e. The second-order valence-electron chi connectivity index (χ2n) is 6.48. The summed E-state index contributed by atoms with van der Waals surface area (Å²) < 4.78 is 0. The molecule has 0 bridgehead atoms. The molecule has 5 heteroatoms. The molecule has 1 aliphatic rings. The van der Waals surface area contributed by atoms with Crippen molar-refractivity contribution < 1.29 is 4.79 Å². The van der Waals surface area contributed by atoms with Gasteiger partial charge in [-0.05, 0) is 41.5 Å². The van der Waals surface area contributed by atoms with Crippen LogP contribution in [0.3, 0.4) is 0 Å². The maximum absolute atomic E-state index is 12.7. The minimum atomic E-state index is -0.105. The highest BCUT2D eigenvalue weighted by atomic mass is 35.5. The molecule has 0 aliphatic heterocycles. The number of nitrogens with one attached hydrogen (secondary N) is 1. The van der Waals surface area contributed by atoms with Gasteiger partial charge in [0.25, 0.3) is 0 Å². The number of carbonyl (C=O) groups is 1. The van der Waals surface area contributed by atoms with E-state index in [1.54, 1.807) is 11.3 Å². The van der Waals surface area contributed by atoms with Crippen LogP contribution in [-0.2, 0) is 4.79 Å². The Kier molecular flexibility index (Phi) is 5.93. The lowest BCUT2D eigenvalue weighted by atomic mass is 9.92. The first-order valence-electron chi connectivity index (χ1n) is 8.51. The SMILES string of the molecule is NCC(CC1CCCC1)C(=O)Nc1ccsc1-c1ccc(Cl)cc1. The molecule has 1 unspecified atom stereocenters. The summed E-state index contributed by atoms with van der Waals surface area (Å²) >= 11 is 7.57. The Hall–Kier alpha value is -1.36. The molecule has 1 heterocycles. The van der Waals surface area contributed by atoms with E-state index >= 15 is 0 Å². The second-order valence-corrected chi connectivity index (χ2v) is 7.83. The highest BCUT2D eigenvalue weighted by Gasteiger charge is 2.25. The average molecular weight is 363 g/mol. The fraction of sp³-hybridized carbons (Fsp3) is 0.421. The topological polar surface area (TPSA) is 55.1 Å². The lowest BCUT2D eigenvalue weighted by molar-refractivity contribution is -0.120. The Morgan fingerprint density at radius 1 is 1.25 bits per heavy atom. The number of halogens is 1. The van der Waals surface area contributed by atoms with Gasteiger partial charge in [0.15, 0.2) is 0 Å². The van der Waals surface area contributed by atoms with E-state index in [1.165, 1.54) is 25.7 Å². The van der Waals surface area contributed by atoms with Crippen molar-refractivity contribution in [2.24, 2.45) is 17.6 Å². The van der Waals surface area contributed by atoms with Gasteiger partial charge >= 0.3 is 0 Å². The molecule has 2 aromatic rings. The first-order chi connectivity index (χ1) is 11.7. The van der Waals surface area contributed by atoms with Crippen molar-refractivity contribution in [1.29, 1.82) is 0 Å². The molecule has 3 nitrogen and oxygen atoms in total. The number of nitrogens with two attached hydrogens (primary N) is 1. The van der Waals surface area contributed by atoms with Crippen LogP contribution in [0.5, 0.6) is 0 Å². The number of hydrogen-bond donors (Lipinski definition) is 2. The van der Waals surface area contributed by atoms with Gasteiger partial charge in [-0.25, -0.2) is 0 Å². The molecule has 1 amide bonds. The maximum atomic E-state index is 12.7. The lowest BCUT2D eigenvalue weighted by Crippen LogP contribution is -2.30. The average Bonchev–Trinajstić information content (AvgIpc) is 3.25. The summed E-state index contributed by atoms with van der Waals surface area (Å²) in [5, 5.41) is 5.79. The van der Waals surface area contributed by atoms with Crippen molar-refractivity contribution in [3.05, 3.63) is 40.7 Å². The van der Waals surface area contributed by atoms with E-state index in [0.29, 0.717) is 17.5 Å². The Labute approximate surface area is 152 Å². The highest BCUT2D eigenvalue weighted by Crippen LogP contribution is 2.35. The van der Waals surface area contributed by atoms with E-state index in [-0.39, 0.29) is 11.8 Å². The van der Waals surface area contributed by atoms with Crippen LogP contribution in [0.4, 0.5) is 5.69 Å². The van der Waals surface area contributed by atoms with Gasteiger partial charge in [0, 0.05) is 11.6 Å². The molecule has 128 valence electrons. The molecule has 3 N–H and O–H groups in total. The summed E-state index contributed by atoms with van der Waals surface area (Å²) in [7, 11) is 0. The van der Waals surface area contributed by atoms with Crippen molar-refractivity contribution in [3.8, 4) is 10.4 Å². The lowest BCUT2D eigenvalue weighted by Gasteiger charge is -2.18. The first-order valence-corrected chi connectivity index (χ1v) is 9.77. The molecule has 1 aromatic carbocycles. The van der Waals surface area contributed by atoms with Crippen LogP contribution in [0.1, 0.15) is 32.1 Å². The summed E-state index contributed by atoms with van der Waals surface area (Å²) in [4.78, 5) is 13.7. The summed E-state index contributed by atoms with van der Waals surface area (Å²) in [6, 6.07) is 9.64. The van der Waals surface area contributed by atoms with Gasteiger partial charge in [0.2, 0.25) is 5.91 Å². The molecular formula is C19H23ClN2OS. The number of amides is 1. The second kappa shape index (κ2) is 8.15. The standard InChI is InChI=1S/C19H23ClN2OS/c20-16-7-5-14(6-8-16)18-17(9-10-24-18)22-19(23)15(12-21)11-13-3-1-2-4-13/h5-10,13,15H,1-4,11-12,21H2,(H,22,23). The van der Waals surface area contributed by atoms with E-state index in [2.05, 4.69) is 5.32 Å². The normalized spacial score (nSPS) is 16.2. The van der Waals surface area contributed by atoms with Crippen molar-refractivity contribution in [2.45, 2.75) is 32.1 Å². The number of benzene rings is 1. The number of anilines is 1. The molecule has 1 fully saturated rings. The van der Waals surface area contributed by atoms with Gasteiger partial charge in [-0.1, -0.05) is 49.4 Å². The predicted octanol–water partition coefficient (Wildman–Crippen LogP) is 5.16. The fourth-order valence-corrected chi connectivity index (χ4v) is 4.41. The van der Waals surface area contributed by atoms with E-state index < -0.39 is 0 Å². The molecule has 0 spiro atoms. The van der Waals surface area contributed by atoms with Gasteiger partial charge in [-0.3, -0.25) is 4.79 Å². The summed E-state index contributed by atoms with van der Waals surface area (Å²) in [6.07, 6.45) is 5.95. The summed E-state index contributed by atoms with van der Waals surface area (Å²) in [5.74, 6) is 0.589. The van der Waals surface area contributed by atoms with E-state index in [4.69, 9.17) is 17.3 Å². The third-order valence-electron chi connectivity index (χ3n) is 4.78. The van der Waals surface area contributed by atoms with E-state index in [9.17, 15) is 4.79 Å². The molecule has 24 heavy (non-hydrogen) atoms. The van der Waals surface area contributed by atoms with Crippen LogP contribution in [0, 0.1) is 11.8 Å². The minimum absolute atomic E-state index is 0.0398. The molecule has 0 radical (unpaired) electrons. The summed E-state index contributed by atoms with van der Waals surface area (Å²) in [6.45, 7) is 0.406. The van der Waals surface area contributed by atoms with Gasteiger partial charge in [0.1, 0.15) is 0 Å². The van der Waals surface area contributed by atoms with Crippen molar-refractivity contribution in [1.82, 2.24) is 0 Å². The van der Waals surface area contributed by atoms with E-state index in [0.717, 1.165) is 22.5 Å². The van der Waals surface area contributed by atoms with Gasteiger partial charge in [-0.2, -0.15) is 0 Å². The van der Waals surface area contributed by atoms with Crippen molar-refractivity contribution in [3.63, 3.8) is 0 Å². The van der Waals surface area contributed by atoms with Gasteiger partial charge in [-0.15, -0.1) is 11.3 Å². The Morgan fingerprint density at radius 3 is 2.62 bits per heavy atom. The molecule has 0 saturated heterocycles. The molecule has 1 aliphatic carbocycles. The minimum Gasteiger partial charge on any atom is -0.330 e. The Morgan fingerprint density at radius 2 is 1.96 bits per heavy atom. The number of carbonyl (C=O) groups excluding carboxylic acids is 1. The Balaban J connectivity index is 1.69. The Bertz CT molecular complexity index is 677. The van der Waals surface area contributed by atoms with Gasteiger partial charge < -0.3 is 11.1 Å². The number of thiophene rings is 1. The molecule has 1 aromatic heterocycles. The highest BCUT2D eigenvalue weighted by molar-refractivity contribution is 7.14. The van der Waals surface area contributed by atoms with Crippen LogP contribution in [0.15, 0.2) is 35.7 Å². The maximum Gasteiger partial charge on any atom is 0.228 e. The van der Waals surface area contributed by atoms with Gasteiger partial charge in [0.05, 0.1) is 16.5 Å². The number of rotatable bonds is 6. The monoisotopic (exact) mass is 362 g/mol. The number of hydrogen-bond acceptors (Lipinski definition) is 3. The third kappa shape index (κ3) is 4.18. The summed E-state index contributed by atoms with van der Waals surface area (Å²) in [5.41, 5.74) is 7.79. The molecular weight excluding hydrogens is 340 g/mol. The van der Waals surface area contributed by atoms with Crippen LogP contribution >= 0.6 is 22.9 Å². The molecule has 1 saturated carbocycles.